The minimum absolute atomic E-state index is 0.303. The summed E-state index contributed by atoms with van der Waals surface area (Å²) in [5, 5.41) is 2.76. The van der Waals surface area contributed by atoms with Crippen molar-refractivity contribution in [1.82, 2.24) is 0 Å². The van der Waals surface area contributed by atoms with Crippen LogP contribution in [0.15, 0.2) is 30.3 Å². The summed E-state index contributed by atoms with van der Waals surface area (Å²) >= 11 is 0. The fraction of sp³-hybridized carbons (Fsp3) is 0.500. The molecule has 0 saturated heterocycles. The summed E-state index contributed by atoms with van der Waals surface area (Å²) in [7, 11) is 0. The van der Waals surface area contributed by atoms with E-state index in [1.165, 1.54) is 0 Å². The van der Waals surface area contributed by atoms with E-state index in [2.05, 4.69) is 5.32 Å². The first-order chi connectivity index (χ1) is 7.33. The van der Waals surface area contributed by atoms with Gasteiger partial charge in [0.1, 0.15) is 0 Å². The second kappa shape index (κ2) is 7.21. The molecule has 0 saturated carbocycles. The zero-order valence-corrected chi connectivity index (χ0v) is 8.76. The Labute approximate surface area is 89.5 Å². The van der Waals surface area contributed by atoms with Gasteiger partial charge >= 0.3 is 0 Å². The Hall–Kier alpha value is -1.12. The molecule has 1 aromatic rings. The summed E-state index contributed by atoms with van der Waals surface area (Å²) in [4.78, 5) is 0. The summed E-state index contributed by atoms with van der Waals surface area (Å²) in [5.74, 6) is 0. The van der Waals surface area contributed by atoms with Gasteiger partial charge in [0.05, 0.1) is 6.67 Å². The lowest BCUT2D eigenvalue weighted by Gasteiger charge is -2.11. The zero-order chi connectivity index (χ0) is 10.9. The third-order valence-electron chi connectivity index (χ3n) is 2.19. The van der Waals surface area contributed by atoms with Crippen molar-refractivity contribution < 1.29 is 8.78 Å². The largest absolute Gasteiger partial charge is 0.356 e. The van der Waals surface area contributed by atoms with E-state index >= 15 is 0 Å². The van der Waals surface area contributed by atoms with E-state index in [1.807, 2.05) is 30.3 Å². The highest BCUT2D eigenvalue weighted by Crippen LogP contribution is 2.12. The van der Waals surface area contributed by atoms with Gasteiger partial charge in [0.15, 0.2) is 6.30 Å². The minimum Gasteiger partial charge on any atom is -0.356 e. The predicted molar refractivity (Wildman–Crippen MR) is 59.4 cm³/mol. The average molecular weight is 213 g/mol. The molecule has 0 aliphatic rings. The molecule has 0 spiro atoms. The van der Waals surface area contributed by atoms with Crippen LogP contribution in [0.25, 0.3) is 0 Å². The molecule has 1 rings (SSSR count). The lowest BCUT2D eigenvalue weighted by atomic mass is 10.2. The lowest BCUT2D eigenvalue weighted by molar-refractivity contribution is 0.336. The zero-order valence-electron chi connectivity index (χ0n) is 8.76. The van der Waals surface area contributed by atoms with Gasteiger partial charge in [-0.15, -0.1) is 0 Å². The van der Waals surface area contributed by atoms with Gasteiger partial charge in [-0.1, -0.05) is 24.6 Å². The standard InChI is InChI=1S/C12H17F2N/c13-10-6-2-5-9-12(14)15-11-7-3-1-4-8-11/h1,3-4,7-8,12,15H,2,5-6,9-10H2. The lowest BCUT2D eigenvalue weighted by Crippen LogP contribution is -2.12. The number of halogens is 2. The van der Waals surface area contributed by atoms with Crippen LogP contribution in [0.5, 0.6) is 0 Å². The van der Waals surface area contributed by atoms with Crippen LogP contribution in [0.3, 0.4) is 0 Å². The number of alkyl halides is 2. The molecule has 1 unspecified atom stereocenters. The number of hydrogen-bond donors (Lipinski definition) is 1. The predicted octanol–water partition coefficient (Wildman–Crippen LogP) is 3.92. The van der Waals surface area contributed by atoms with Gasteiger partial charge in [0.25, 0.3) is 0 Å². The van der Waals surface area contributed by atoms with Crippen molar-refractivity contribution in [3.8, 4) is 0 Å². The maximum absolute atomic E-state index is 13.3. The molecule has 0 heterocycles. The van der Waals surface area contributed by atoms with Gasteiger partial charge in [0, 0.05) is 5.69 Å². The number of para-hydroxylation sites is 1. The van der Waals surface area contributed by atoms with E-state index in [9.17, 15) is 8.78 Å². The van der Waals surface area contributed by atoms with Crippen LogP contribution in [0.4, 0.5) is 14.5 Å². The van der Waals surface area contributed by atoms with Crippen LogP contribution in [0.1, 0.15) is 25.7 Å². The first kappa shape index (κ1) is 12.0. The Morgan fingerprint density at radius 2 is 1.80 bits per heavy atom. The average Bonchev–Trinajstić information content (AvgIpc) is 2.26. The van der Waals surface area contributed by atoms with Gasteiger partial charge in [0.2, 0.25) is 0 Å². The van der Waals surface area contributed by atoms with E-state index in [-0.39, 0.29) is 6.67 Å². The van der Waals surface area contributed by atoms with Crippen LogP contribution in [-0.2, 0) is 0 Å². The Morgan fingerprint density at radius 3 is 2.47 bits per heavy atom. The van der Waals surface area contributed by atoms with E-state index in [1.54, 1.807) is 0 Å². The summed E-state index contributed by atoms with van der Waals surface area (Å²) in [6.45, 7) is -0.303. The molecule has 0 aromatic heterocycles. The topological polar surface area (TPSA) is 12.0 Å². The van der Waals surface area contributed by atoms with E-state index in [0.29, 0.717) is 12.8 Å². The van der Waals surface area contributed by atoms with E-state index in [4.69, 9.17) is 0 Å². The van der Waals surface area contributed by atoms with E-state index < -0.39 is 6.30 Å². The van der Waals surface area contributed by atoms with Crippen molar-refractivity contribution in [2.24, 2.45) is 0 Å². The number of rotatable bonds is 7. The first-order valence-corrected chi connectivity index (χ1v) is 5.34. The maximum atomic E-state index is 13.3. The number of unbranched alkanes of at least 4 members (excludes halogenated alkanes) is 2. The third kappa shape index (κ3) is 5.35. The molecule has 0 bridgehead atoms. The fourth-order valence-corrected chi connectivity index (χ4v) is 1.38. The molecule has 0 aliphatic heterocycles. The monoisotopic (exact) mass is 213 g/mol. The molecule has 1 N–H and O–H groups in total. The minimum atomic E-state index is -1.04. The normalized spacial score (nSPS) is 12.4. The highest BCUT2D eigenvalue weighted by molar-refractivity contribution is 5.42. The summed E-state index contributed by atoms with van der Waals surface area (Å²) in [5.41, 5.74) is 0.787. The molecular formula is C12H17F2N. The smallest absolute Gasteiger partial charge is 0.170 e. The fourth-order valence-electron chi connectivity index (χ4n) is 1.38. The Kier molecular flexibility index (Phi) is 5.74. The number of nitrogens with one attached hydrogen (secondary N) is 1. The van der Waals surface area contributed by atoms with Crippen molar-refractivity contribution in [3.63, 3.8) is 0 Å². The van der Waals surface area contributed by atoms with Crippen LogP contribution < -0.4 is 5.32 Å². The van der Waals surface area contributed by atoms with Crippen LogP contribution in [0.2, 0.25) is 0 Å². The molecule has 0 aliphatic carbocycles. The second-order valence-corrected chi connectivity index (χ2v) is 3.52. The van der Waals surface area contributed by atoms with E-state index in [0.717, 1.165) is 18.5 Å². The van der Waals surface area contributed by atoms with Gasteiger partial charge < -0.3 is 5.32 Å². The Morgan fingerprint density at radius 1 is 1.07 bits per heavy atom. The first-order valence-electron chi connectivity index (χ1n) is 5.34. The van der Waals surface area contributed by atoms with Crippen molar-refractivity contribution >= 4 is 5.69 Å². The SMILES string of the molecule is FCCCCCC(F)Nc1ccccc1. The maximum Gasteiger partial charge on any atom is 0.170 e. The molecule has 1 aromatic carbocycles. The number of hydrogen-bond acceptors (Lipinski definition) is 1. The molecular weight excluding hydrogens is 196 g/mol. The van der Waals surface area contributed by atoms with Gasteiger partial charge in [-0.05, 0) is 31.4 Å². The molecule has 84 valence electrons. The molecule has 1 atom stereocenters. The van der Waals surface area contributed by atoms with Crippen molar-refractivity contribution in [2.75, 3.05) is 12.0 Å². The molecule has 3 heteroatoms. The number of anilines is 1. The highest BCUT2D eigenvalue weighted by atomic mass is 19.1. The van der Waals surface area contributed by atoms with Crippen LogP contribution in [0, 0.1) is 0 Å². The molecule has 15 heavy (non-hydrogen) atoms. The highest BCUT2D eigenvalue weighted by Gasteiger charge is 2.04. The van der Waals surface area contributed by atoms with Crippen molar-refractivity contribution in [3.05, 3.63) is 30.3 Å². The van der Waals surface area contributed by atoms with Crippen molar-refractivity contribution in [1.29, 1.82) is 0 Å². The van der Waals surface area contributed by atoms with Gasteiger partial charge in [-0.25, -0.2) is 4.39 Å². The molecule has 0 fully saturated rings. The second-order valence-electron chi connectivity index (χ2n) is 3.52. The Balaban J connectivity index is 2.16. The van der Waals surface area contributed by atoms with Crippen molar-refractivity contribution in [2.45, 2.75) is 32.0 Å². The summed E-state index contributed by atoms with van der Waals surface area (Å²) in [6.07, 6.45) is 1.43. The molecule has 0 radical (unpaired) electrons. The molecule has 1 nitrogen and oxygen atoms in total. The van der Waals surface area contributed by atoms with Gasteiger partial charge in [-0.3, -0.25) is 4.39 Å². The van der Waals surface area contributed by atoms with Crippen LogP contribution >= 0.6 is 0 Å². The number of benzene rings is 1. The third-order valence-corrected chi connectivity index (χ3v) is 2.19. The Bertz CT molecular complexity index is 251. The van der Waals surface area contributed by atoms with Gasteiger partial charge in [-0.2, -0.15) is 0 Å². The molecule has 0 amide bonds. The van der Waals surface area contributed by atoms with Crippen LogP contribution in [-0.4, -0.2) is 13.0 Å². The summed E-state index contributed by atoms with van der Waals surface area (Å²) < 4.78 is 25.1. The quantitative estimate of drug-likeness (QED) is 0.534. The summed E-state index contributed by atoms with van der Waals surface area (Å²) in [6, 6.07) is 9.26.